The third-order valence-corrected chi connectivity index (χ3v) is 6.21. The number of ether oxygens (including phenoxy) is 2. The first-order chi connectivity index (χ1) is 15.0. The van der Waals surface area contributed by atoms with E-state index in [-0.39, 0.29) is 5.57 Å². The molecule has 2 atom stereocenters. The van der Waals surface area contributed by atoms with E-state index in [2.05, 4.69) is 11.4 Å². The molecule has 6 nitrogen and oxygen atoms in total. The zero-order valence-electron chi connectivity index (χ0n) is 17.1. The first kappa shape index (κ1) is 22.7. The van der Waals surface area contributed by atoms with Crippen molar-refractivity contribution >= 4 is 35.2 Å². The van der Waals surface area contributed by atoms with Gasteiger partial charge < -0.3 is 14.8 Å². The topological polar surface area (TPSA) is 88.4 Å². The van der Waals surface area contributed by atoms with Crippen molar-refractivity contribution in [2.24, 2.45) is 5.92 Å². The van der Waals surface area contributed by atoms with E-state index in [0.717, 1.165) is 5.56 Å². The van der Waals surface area contributed by atoms with E-state index < -0.39 is 23.7 Å². The van der Waals surface area contributed by atoms with Gasteiger partial charge in [-0.2, -0.15) is 5.26 Å². The Balaban J connectivity index is 2.04. The molecule has 1 heterocycles. The number of allylic oxidation sites excluding steroid dienone is 1. The number of nitriles is 1. The second kappa shape index (κ2) is 10.4. The molecule has 0 aliphatic carbocycles. The van der Waals surface area contributed by atoms with Gasteiger partial charge in [-0.15, -0.1) is 11.8 Å². The van der Waals surface area contributed by atoms with Crippen LogP contribution in [0.4, 0.5) is 0 Å². The van der Waals surface area contributed by atoms with Crippen molar-refractivity contribution in [2.45, 2.75) is 18.6 Å². The van der Waals surface area contributed by atoms with Crippen LogP contribution in [-0.4, -0.2) is 25.6 Å². The predicted molar refractivity (Wildman–Crippen MR) is 119 cm³/mol. The molecule has 0 spiro atoms. The summed E-state index contributed by atoms with van der Waals surface area (Å²) in [5.41, 5.74) is 1.89. The molecular weight excluding hydrogens is 436 g/mol. The van der Waals surface area contributed by atoms with Crippen molar-refractivity contribution in [3.8, 4) is 11.8 Å². The Labute approximate surface area is 190 Å². The summed E-state index contributed by atoms with van der Waals surface area (Å²) in [7, 11) is 1.22. The summed E-state index contributed by atoms with van der Waals surface area (Å²) in [5.74, 6) is -2.21. The highest BCUT2D eigenvalue weighted by Crippen LogP contribution is 2.42. The Bertz CT molecular complexity index is 1050. The number of nitrogens with one attached hydrogen (secondary N) is 1. The fourth-order valence-electron chi connectivity index (χ4n) is 3.39. The molecule has 1 aliphatic rings. The Morgan fingerprint density at radius 1 is 1.26 bits per heavy atom. The van der Waals surface area contributed by atoms with Crippen molar-refractivity contribution in [1.82, 2.24) is 5.32 Å². The van der Waals surface area contributed by atoms with Crippen LogP contribution in [0.25, 0.3) is 0 Å². The fourth-order valence-corrected chi connectivity index (χ4v) is 4.64. The Morgan fingerprint density at radius 2 is 2.00 bits per heavy atom. The lowest BCUT2D eigenvalue weighted by Gasteiger charge is -2.31. The number of carbonyl (C=O) groups excluding carboxylic acids is 2. The van der Waals surface area contributed by atoms with Crippen molar-refractivity contribution in [3.63, 3.8) is 0 Å². The van der Waals surface area contributed by atoms with E-state index in [1.807, 2.05) is 37.3 Å². The average molecular weight is 457 g/mol. The number of hydrogen-bond donors (Lipinski definition) is 1. The largest absolute Gasteiger partial charge is 0.492 e. The van der Waals surface area contributed by atoms with Gasteiger partial charge in [-0.25, -0.2) is 0 Å². The van der Waals surface area contributed by atoms with Crippen molar-refractivity contribution in [1.29, 1.82) is 5.26 Å². The zero-order valence-corrected chi connectivity index (χ0v) is 18.6. The molecule has 31 heavy (non-hydrogen) atoms. The summed E-state index contributed by atoms with van der Waals surface area (Å²) >= 11 is 7.69. The normalized spacial score (nSPS) is 18.2. The molecule has 3 rings (SSSR count). The Hall–Kier alpha value is -2.95. The van der Waals surface area contributed by atoms with Gasteiger partial charge in [-0.1, -0.05) is 48.0 Å². The molecule has 1 aliphatic heterocycles. The SMILES string of the molecule is CCOc1ccc([C@@H]2C(C#N)=C(SCc3ccccc3)NC(=O)[C@@H]2C(=O)OC)cc1Cl. The van der Waals surface area contributed by atoms with Crippen LogP contribution in [0.15, 0.2) is 59.1 Å². The lowest BCUT2D eigenvalue weighted by Crippen LogP contribution is -2.44. The van der Waals surface area contributed by atoms with E-state index in [1.54, 1.807) is 18.2 Å². The lowest BCUT2D eigenvalue weighted by molar-refractivity contribution is -0.150. The second-order valence-electron chi connectivity index (χ2n) is 6.72. The summed E-state index contributed by atoms with van der Waals surface area (Å²) in [6.07, 6.45) is 0. The Kier molecular flexibility index (Phi) is 7.61. The fraction of sp³-hybridized carbons (Fsp3) is 0.261. The van der Waals surface area contributed by atoms with Gasteiger partial charge in [0.05, 0.1) is 35.4 Å². The molecule has 0 unspecified atom stereocenters. The van der Waals surface area contributed by atoms with Gasteiger partial charge in [-0.05, 0) is 30.2 Å². The molecule has 0 fully saturated rings. The van der Waals surface area contributed by atoms with Gasteiger partial charge in [-0.3, -0.25) is 9.59 Å². The highest BCUT2D eigenvalue weighted by atomic mass is 35.5. The number of halogens is 1. The van der Waals surface area contributed by atoms with Gasteiger partial charge >= 0.3 is 5.97 Å². The molecule has 2 aromatic carbocycles. The third kappa shape index (κ3) is 5.04. The minimum absolute atomic E-state index is 0.288. The van der Waals surface area contributed by atoms with Crippen LogP contribution in [0.2, 0.25) is 5.02 Å². The molecule has 1 amide bonds. The standard InChI is InChI=1S/C23H21ClN2O4S/c1-3-30-18-10-9-15(11-17(18)24)19-16(12-25)22(26-21(27)20(19)23(28)29-2)31-13-14-7-5-4-6-8-14/h4-11,19-20H,3,13H2,1-2H3,(H,26,27)/t19-,20-/m1/s1. The van der Waals surface area contributed by atoms with Gasteiger partial charge in [0.25, 0.3) is 0 Å². The van der Waals surface area contributed by atoms with Gasteiger partial charge in [0.15, 0.2) is 0 Å². The lowest BCUT2D eigenvalue weighted by atomic mass is 9.78. The number of rotatable bonds is 7. The van der Waals surface area contributed by atoms with E-state index in [9.17, 15) is 14.9 Å². The maximum atomic E-state index is 12.9. The van der Waals surface area contributed by atoms with Crippen LogP contribution < -0.4 is 10.1 Å². The number of thioether (sulfide) groups is 1. The second-order valence-corrected chi connectivity index (χ2v) is 8.11. The quantitative estimate of drug-likeness (QED) is 0.490. The van der Waals surface area contributed by atoms with E-state index >= 15 is 0 Å². The predicted octanol–water partition coefficient (Wildman–Crippen LogP) is 4.41. The number of hydrogen-bond acceptors (Lipinski definition) is 6. The van der Waals surface area contributed by atoms with Crippen molar-refractivity contribution < 1.29 is 19.1 Å². The number of carbonyl (C=O) groups is 2. The summed E-state index contributed by atoms with van der Waals surface area (Å²) < 4.78 is 10.3. The number of methoxy groups -OCH3 is 1. The van der Waals surface area contributed by atoms with Crippen LogP contribution in [-0.2, 0) is 20.1 Å². The smallest absolute Gasteiger partial charge is 0.319 e. The Morgan fingerprint density at radius 3 is 2.61 bits per heavy atom. The highest BCUT2D eigenvalue weighted by molar-refractivity contribution is 8.02. The van der Waals surface area contributed by atoms with Crippen LogP contribution in [0, 0.1) is 17.2 Å². The van der Waals surface area contributed by atoms with Crippen LogP contribution >= 0.6 is 23.4 Å². The third-order valence-electron chi connectivity index (χ3n) is 4.82. The summed E-state index contributed by atoms with van der Waals surface area (Å²) in [5, 5.41) is 13.5. The van der Waals surface area contributed by atoms with Gasteiger partial charge in [0, 0.05) is 11.7 Å². The monoisotopic (exact) mass is 456 g/mol. The van der Waals surface area contributed by atoms with E-state index in [1.165, 1.54) is 18.9 Å². The molecule has 1 N–H and O–H groups in total. The molecule has 0 bridgehead atoms. The number of nitrogens with zero attached hydrogens (tertiary/aromatic N) is 1. The average Bonchev–Trinajstić information content (AvgIpc) is 2.78. The number of benzene rings is 2. The minimum Gasteiger partial charge on any atom is -0.492 e. The van der Waals surface area contributed by atoms with Gasteiger partial charge in [0.1, 0.15) is 11.7 Å². The molecule has 2 aromatic rings. The molecule has 0 aromatic heterocycles. The zero-order chi connectivity index (χ0) is 22.4. The van der Waals surface area contributed by atoms with Crippen LogP contribution in [0.1, 0.15) is 24.0 Å². The van der Waals surface area contributed by atoms with Crippen LogP contribution in [0.5, 0.6) is 5.75 Å². The van der Waals surface area contributed by atoms with Crippen molar-refractivity contribution in [2.75, 3.05) is 13.7 Å². The van der Waals surface area contributed by atoms with E-state index in [4.69, 9.17) is 21.1 Å². The molecule has 8 heteroatoms. The highest BCUT2D eigenvalue weighted by Gasteiger charge is 2.44. The molecule has 0 radical (unpaired) electrons. The number of esters is 1. The minimum atomic E-state index is -1.20. The maximum Gasteiger partial charge on any atom is 0.319 e. The molecule has 0 saturated carbocycles. The van der Waals surface area contributed by atoms with Crippen LogP contribution in [0.3, 0.4) is 0 Å². The first-order valence-electron chi connectivity index (χ1n) is 9.62. The summed E-state index contributed by atoms with van der Waals surface area (Å²) in [6.45, 7) is 2.29. The first-order valence-corrected chi connectivity index (χ1v) is 11.0. The molecular formula is C23H21ClN2O4S. The van der Waals surface area contributed by atoms with E-state index in [0.29, 0.717) is 33.7 Å². The maximum absolute atomic E-state index is 12.9. The number of amides is 1. The molecule has 0 saturated heterocycles. The van der Waals surface area contributed by atoms with Gasteiger partial charge in [0.2, 0.25) is 5.91 Å². The van der Waals surface area contributed by atoms with Crippen molar-refractivity contribution in [3.05, 3.63) is 75.3 Å². The summed E-state index contributed by atoms with van der Waals surface area (Å²) in [4.78, 5) is 25.4. The molecule has 160 valence electrons. The summed E-state index contributed by atoms with van der Waals surface area (Å²) in [6, 6.07) is 16.9.